The molecule has 2 rings (SSSR count). The first kappa shape index (κ1) is 15.8. The number of hydrogen-bond donors (Lipinski definition) is 1. The Hall–Kier alpha value is -0.610. The molecule has 2 heterocycles. The number of rotatable bonds is 5. The van der Waals surface area contributed by atoms with Crippen LogP contribution in [0.4, 0.5) is 0 Å². The van der Waals surface area contributed by atoms with Crippen molar-refractivity contribution in [1.82, 2.24) is 15.1 Å². The van der Waals surface area contributed by atoms with E-state index in [-0.39, 0.29) is 11.9 Å². The smallest absolute Gasteiger partial charge is 0.234 e. The third-order valence-electron chi connectivity index (χ3n) is 4.65. The van der Waals surface area contributed by atoms with Crippen molar-refractivity contribution in [2.24, 2.45) is 5.92 Å². The van der Waals surface area contributed by atoms with Gasteiger partial charge in [0.1, 0.15) is 0 Å². The molecule has 0 aromatic rings. The Balaban J connectivity index is 1.93. The van der Waals surface area contributed by atoms with Crippen molar-refractivity contribution in [2.75, 3.05) is 26.2 Å². The van der Waals surface area contributed by atoms with Crippen LogP contribution >= 0.6 is 0 Å². The lowest BCUT2D eigenvalue weighted by atomic mass is 10.00. The number of nitrogens with zero attached hydrogens (tertiary/aromatic N) is 2. The molecule has 2 unspecified atom stereocenters. The van der Waals surface area contributed by atoms with Crippen LogP contribution in [0.3, 0.4) is 0 Å². The van der Waals surface area contributed by atoms with E-state index in [1.54, 1.807) is 0 Å². The Morgan fingerprint density at radius 2 is 1.85 bits per heavy atom. The van der Waals surface area contributed by atoms with Gasteiger partial charge in [0.25, 0.3) is 0 Å². The van der Waals surface area contributed by atoms with Gasteiger partial charge in [0.15, 0.2) is 0 Å². The van der Waals surface area contributed by atoms with Crippen LogP contribution in [-0.2, 0) is 4.79 Å². The van der Waals surface area contributed by atoms with Crippen molar-refractivity contribution < 1.29 is 4.79 Å². The fraction of sp³-hybridized carbons (Fsp3) is 0.938. The zero-order chi connectivity index (χ0) is 14.7. The molecule has 2 aliphatic rings. The topological polar surface area (TPSA) is 35.6 Å². The Kier molecular flexibility index (Phi) is 5.44. The Labute approximate surface area is 123 Å². The van der Waals surface area contributed by atoms with Crippen LogP contribution in [0.5, 0.6) is 0 Å². The zero-order valence-electron chi connectivity index (χ0n) is 13.6. The van der Waals surface area contributed by atoms with Gasteiger partial charge < -0.3 is 5.32 Å². The molecule has 1 amide bonds. The molecule has 0 radical (unpaired) electrons. The predicted molar refractivity (Wildman–Crippen MR) is 82.7 cm³/mol. The third-order valence-corrected chi connectivity index (χ3v) is 4.65. The summed E-state index contributed by atoms with van der Waals surface area (Å²) in [6.07, 6.45) is 3.92. The number of nitrogens with one attached hydrogen (secondary N) is 1. The minimum absolute atomic E-state index is 0.174. The highest BCUT2D eigenvalue weighted by molar-refractivity contribution is 5.78. The zero-order valence-corrected chi connectivity index (χ0v) is 13.6. The van der Waals surface area contributed by atoms with E-state index in [1.807, 2.05) is 13.8 Å². The summed E-state index contributed by atoms with van der Waals surface area (Å²) in [5.74, 6) is 0.794. The van der Waals surface area contributed by atoms with Crippen molar-refractivity contribution >= 4 is 5.91 Å². The van der Waals surface area contributed by atoms with E-state index in [9.17, 15) is 4.79 Å². The van der Waals surface area contributed by atoms with E-state index >= 15 is 0 Å². The van der Waals surface area contributed by atoms with E-state index in [0.29, 0.717) is 24.5 Å². The molecule has 0 saturated carbocycles. The fourth-order valence-electron chi connectivity index (χ4n) is 3.71. The van der Waals surface area contributed by atoms with Gasteiger partial charge in [0.05, 0.1) is 6.54 Å². The summed E-state index contributed by atoms with van der Waals surface area (Å²) in [6, 6.07) is 1.45. The second-order valence-corrected chi connectivity index (χ2v) is 7.10. The lowest BCUT2D eigenvalue weighted by Crippen LogP contribution is -2.44. The molecule has 4 nitrogen and oxygen atoms in total. The number of hydrogen-bond acceptors (Lipinski definition) is 3. The Bertz CT molecular complexity index is 324. The molecule has 2 fully saturated rings. The molecule has 2 atom stereocenters. The van der Waals surface area contributed by atoms with Crippen molar-refractivity contribution in [3.8, 4) is 0 Å². The summed E-state index contributed by atoms with van der Waals surface area (Å²) in [5, 5.41) is 3.02. The van der Waals surface area contributed by atoms with Crippen molar-refractivity contribution in [3.63, 3.8) is 0 Å². The van der Waals surface area contributed by atoms with Gasteiger partial charge in [-0.15, -0.1) is 0 Å². The highest BCUT2D eigenvalue weighted by Crippen LogP contribution is 2.28. The molecule has 20 heavy (non-hydrogen) atoms. The average molecular weight is 281 g/mol. The third kappa shape index (κ3) is 3.95. The maximum Gasteiger partial charge on any atom is 0.234 e. The maximum absolute atomic E-state index is 12.0. The van der Waals surface area contributed by atoms with Gasteiger partial charge in [-0.25, -0.2) is 0 Å². The van der Waals surface area contributed by atoms with Gasteiger partial charge in [-0.3, -0.25) is 14.6 Å². The highest BCUT2D eigenvalue weighted by atomic mass is 16.2. The SMILES string of the molecule is CC(C)NC(=O)CN1CC(N2CCCC2)CC1C(C)C. The molecule has 2 saturated heterocycles. The number of likely N-dealkylation sites (tertiary alicyclic amines) is 2. The van der Waals surface area contributed by atoms with Crippen molar-refractivity contribution in [1.29, 1.82) is 0 Å². The van der Waals surface area contributed by atoms with Crippen LogP contribution in [0.1, 0.15) is 47.0 Å². The van der Waals surface area contributed by atoms with Crippen LogP contribution in [-0.4, -0.2) is 60.0 Å². The van der Waals surface area contributed by atoms with E-state index in [1.165, 1.54) is 32.4 Å². The lowest BCUT2D eigenvalue weighted by molar-refractivity contribution is -0.123. The van der Waals surface area contributed by atoms with Gasteiger partial charge in [0.2, 0.25) is 5.91 Å². The van der Waals surface area contributed by atoms with E-state index in [0.717, 1.165) is 6.54 Å². The first-order chi connectivity index (χ1) is 9.47. The molecule has 0 aliphatic carbocycles. The summed E-state index contributed by atoms with van der Waals surface area (Å²) in [6.45, 7) is 12.7. The fourth-order valence-corrected chi connectivity index (χ4v) is 3.71. The number of carbonyl (C=O) groups excluding carboxylic acids is 1. The molecule has 4 heteroatoms. The Morgan fingerprint density at radius 1 is 1.20 bits per heavy atom. The summed E-state index contributed by atoms with van der Waals surface area (Å²) in [7, 11) is 0. The summed E-state index contributed by atoms with van der Waals surface area (Å²) >= 11 is 0. The second kappa shape index (κ2) is 6.90. The molecule has 2 aliphatic heterocycles. The average Bonchev–Trinajstić information content (AvgIpc) is 2.94. The van der Waals surface area contributed by atoms with Crippen molar-refractivity contribution in [3.05, 3.63) is 0 Å². The van der Waals surface area contributed by atoms with Crippen LogP contribution in [0.15, 0.2) is 0 Å². The van der Waals surface area contributed by atoms with Crippen LogP contribution < -0.4 is 5.32 Å². The molecule has 0 aromatic carbocycles. The van der Waals surface area contributed by atoms with Gasteiger partial charge in [0, 0.05) is 24.7 Å². The summed E-state index contributed by atoms with van der Waals surface area (Å²) in [4.78, 5) is 17.1. The lowest BCUT2D eigenvalue weighted by Gasteiger charge is -2.27. The molecule has 0 aromatic heterocycles. The maximum atomic E-state index is 12.0. The van der Waals surface area contributed by atoms with Gasteiger partial charge in [-0.1, -0.05) is 13.8 Å². The minimum atomic E-state index is 0.174. The van der Waals surface area contributed by atoms with Crippen LogP contribution in [0.2, 0.25) is 0 Å². The number of amides is 1. The summed E-state index contributed by atoms with van der Waals surface area (Å²) < 4.78 is 0. The monoisotopic (exact) mass is 281 g/mol. The second-order valence-electron chi connectivity index (χ2n) is 7.10. The van der Waals surface area contributed by atoms with Gasteiger partial charge >= 0.3 is 0 Å². The molecular weight excluding hydrogens is 250 g/mol. The molecule has 0 spiro atoms. The van der Waals surface area contributed by atoms with Crippen LogP contribution in [0.25, 0.3) is 0 Å². The molecular formula is C16H31N3O. The first-order valence-corrected chi connectivity index (χ1v) is 8.25. The quantitative estimate of drug-likeness (QED) is 0.833. The molecule has 0 bridgehead atoms. The van der Waals surface area contributed by atoms with E-state index in [4.69, 9.17) is 0 Å². The van der Waals surface area contributed by atoms with Crippen molar-refractivity contribution in [2.45, 2.75) is 65.1 Å². The number of carbonyl (C=O) groups is 1. The first-order valence-electron chi connectivity index (χ1n) is 8.25. The molecule has 116 valence electrons. The van der Waals surface area contributed by atoms with Gasteiger partial charge in [-0.05, 0) is 52.1 Å². The van der Waals surface area contributed by atoms with E-state index < -0.39 is 0 Å². The molecule has 1 N–H and O–H groups in total. The van der Waals surface area contributed by atoms with E-state index in [2.05, 4.69) is 29.0 Å². The normalized spacial score (nSPS) is 28.7. The highest BCUT2D eigenvalue weighted by Gasteiger charge is 2.38. The van der Waals surface area contributed by atoms with Crippen LogP contribution in [0, 0.1) is 5.92 Å². The Morgan fingerprint density at radius 3 is 2.40 bits per heavy atom. The van der Waals surface area contributed by atoms with Gasteiger partial charge in [-0.2, -0.15) is 0 Å². The largest absolute Gasteiger partial charge is 0.353 e. The minimum Gasteiger partial charge on any atom is -0.353 e. The standard InChI is InChI=1S/C16H31N3O/c1-12(2)15-9-14(18-7-5-6-8-18)10-19(15)11-16(20)17-13(3)4/h12-15H,5-11H2,1-4H3,(H,17,20). The summed E-state index contributed by atoms with van der Waals surface area (Å²) in [5.41, 5.74) is 0. The predicted octanol–water partition coefficient (Wildman–Crippen LogP) is 1.71.